The van der Waals surface area contributed by atoms with Crippen LogP contribution in [0.2, 0.25) is 0 Å². The van der Waals surface area contributed by atoms with Crippen molar-refractivity contribution < 1.29 is 4.39 Å². The third-order valence-corrected chi connectivity index (χ3v) is 2.76. The van der Waals surface area contributed by atoms with Gasteiger partial charge < -0.3 is 5.32 Å². The topological polar surface area (TPSA) is 24.9 Å². The lowest BCUT2D eigenvalue weighted by Crippen LogP contribution is -2.02. The molecule has 1 heterocycles. The highest BCUT2D eigenvalue weighted by molar-refractivity contribution is 5.94. The van der Waals surface area contributed by atoms with Crippen LogP contribution in [0, 0.1) is 19.7 Å². The minimum atomic E-state index is -0.227. The Labute approximate surface area is 101 Å². The molecule has 0 unspecified atom stereocenters. The van der Waals surface area contributed by atoms with Crippen molar-refractivity contribution in [3.8, 4) is 0 Å². The predicted octanol–water partition coefficient (Wildman–Crippen LogP) is 3.81. The van der Waals surface area contributed by atoms with E-state index >= 15 is 0 Å². The molecule has 0 aliphatic heterocycles. The molecule has 2 rings (SSSR count). The highest BCUT2D eigenvalue weighted by Crippen LogP contribution is 2.27. The quantitative estimate of drug-likeness (QED) is 0.870. The van der Waals surface area contributed by atoms with E-state index in [9.17, 15) is 4.39 Å². The number of hydrogen-bond acceptors (Lipinski definition) is 2. The number of benzene rings is 1. The summed E-state index contributed by atoms with van der Waals surface area (Å²) in [5.74, 6) is -0.227. The van der Waals surface area contributed by atoms with E-state index in [0.717, 1.165) is 40.8 Å². The van der Waals surface area contributed by atoms with E-state index in [1.807, 2.05) is 19.9 Å². The molecule has 0 radical (unpaired) electrons. The van der Waals surface area contributed by atoms with Gasteiger partial charge in [0.2, 0.25) is 0 Å². The fraction of sp³-hybridized carbons (Fsp3) is 0.357. The fourth-order valence-corrected chi connectivity index (χ4v) is 2.07. The van der Waals surface area contributed by atoms with Gasteiger partial charge in [0.15, 0.2) is 0 Å². The van der Waals surface area contributed by atoms with E-state index < -0.39 is 0 Å². The molecular formula is C14H17FN2. The van der Waals surface area contributed by atoms with Crippen molar-refractivity contribution in [2.24, 2.45) is 0 Å². The molecule has 1 aromatic carbocycles. The zero-order valence-corrected chi connectivity index (χ0v) is 10.5. The second-order valence-corrected chi connectivity index (χ2v) is 4.35. The summed E-state index contributed by atoms with van der Waals surface area (Å²) in [6.07, 6.45) is 1.06. The number of nitrogens with zero attached hydrogens (tertiary/aromatic N) is 1. The van der Waals surface area contributed by atoms with Gasteiger partial charge >= 0.3 is 0 Å². The molecule has 0 spiro atoms. The summed E-state index contributed by atoms with van der Waals surface area (Å²) in [6.45, 7) is 6.88. The molecule has 0 aliphatic carbocycles. The Morgan fingerprint density at radius 2 is 2.00 bits per heavy atom. The van der Waals surface area contributed by atoms with Gasteiger partial charge in [-0.2, -0.15) is 0 Å². The predicted molar refractivity (Wildman–Crippen MR) is 70.0 cm³/mol. The summed E-state index contributed by atoms with van der Waals surface area (Å²) in [5, 5.41) is 4.39. The average molecular weight is 232 g/mol. The fourth-order valence-electron chi connectivity index (χ4n) is 2.07. The van der Waals surface area contributed by atoms with Gasteiger partial charge in [-0.1, -0.05) is 6.92 Å². The first-order valence-electron chi connectivity index (χ1n) is 5.93. The molecule has 1 aromatic heterocycles. The standard InChI is InChI=1S/C14H17FN2/c1-4-5-16-12-7-10(3)17-13-8-11(15)6-9(2)14(12)13/h6-8H,4-5H2,1-3H3,(H,16,17). The first-order valence-corrected chi connectivity index (χ1v) is 5.93. The van der Waals surface area contributed by atoms with Crippen molar-refractivity contribution in [3.63, 3.8) is 0 Å². The third kappa shape index (κ3) is 2.38. The lowest BCUT2D eigenvalue weighted by molar-refractivity contribution is 0.628. The van der Waals surface area contributed by atoms with E-state index in [1.54, 1.807) is 6.07 Å². The molecule has 90 valence electrons. The van der Waals surface area contributed by atoms with Crippen LogP contribution in [0.25, 0.3) is 10.9 Å². The smallest absolute Gasteiger partial charge is 0.125 e. The molecule has 0 amide bonds. The summed E-state index contributed by atoms with van der Waals surface area (Å²) >= 11 is 0. The third-order valence-electron chi connectivity index (χ3n) is 2.76. The lowest BCUT2D eigenvalue weighted by atomic mass is 10.1. The summed E-state index contributed by atoms with van der Waals surface area (Å²) < 4.78 is 13.4. The molecule has 0 saturated carbocycles. The molecule has 0 aliphatic rings. The number of aromatic nitrogens is 1. The Morgan fingerprint density at radius 3 is 2.71 bits per heavy atom. The van der Waals surface area contributed by atoms with Gasteiger partial charge in [-0.3, -0.25) is 4.98 Å². The summed E-state index contributed by atoms with van der Waals surface area (Å²) in [7, 11) is 0. The molecule has 0 bridgehead atoms. The summed E-state index contributed by atoms with van der Waals surface area (Å²) in [6, 6.07) is 5.06. The maximum atomic E-state index is 13.4. The zero-order valence-electron chi connectivity index (χ0n) is 10.5. The van der Waals surface area contributed by atoms with Crippen molar-refractivity contribution in [1.82, 2.24) is 4.98 Å². The van der Waals surface area contributed by atoms with Crippen LogP contribution >= 0.6 is 0 Å². The monoisotopic (exact) mass is 232 g/mol. The largest absolute Gasteiger partial charge is 0.384 e. The summed E-state index contributed by atoms with van der Waals surface area (Å²) in [4.78, 5) is 4.39. The van der Waals surface area contributed by atoms with Crippen LogP contribution in [0.1, 0.15) is 24.6 Å². The highest BCUT2D eigenvalue weighted by Gasteiger charge is 2.08. The molecule has 0 atom stereocenters. The number of fused-ring (bicyclic) bond motifs is 1. The van der Waals surface area contributed by atoms with E-state index in [4.69, 9.17) is 0 Å². The van der Waals surface area contributed by atoms with Crippen molar-refractivity contribution in [3.05, 3.63) is 35.3 Å². The molecule has 2 aromatic rings. The SMILES string of the molecule is CCCNc1cc(C)nc2cc(F)cc(C)c12. The summed E-state index contributed by atoms with van der Waals surface area (Å²) in [5.41, 5.74) is 3.60. The molecule has 2 nitrogen and oxygen atoms in total. The zero-order chi connectivity index (χ0) is 12.4. The van der Waals surface area contributed by atoms with Crippen LogP contribution in [-0.2, 0) is 0 Å². The van der Waals surface area contributed by atoms with Gasteiger partial charge in [-0.05, 0) is 38.0 Å². The Bertz CT molecular complexity index is 544. The average Bonchev–Trinajstić information content (AvgIpc) is 2.24. The normalized spacial score (nSPS) is 10.8. The van der Waals surface area contributed by atoms with E-state index in [-0.39, 0.29) is 5.82 Å². The molecule has 3 heteroatoms. The van der Waals surface area contributed by atoms with Crippen molar-refractivity contribution in [2.45, 2.75) is 27.2 Å². The Kier molecular flexibility index (Phi) is 3.27. The minimum absolute atomic E-state index is 0.227. The van der Waals surface area contributed by atoms with E-state index in [1.165, 1.54) is 6.07 Å². The van der Waals surface area contributed by atoms with Crippen LogP contribution < -0.4 is 5.32 Å². The van der Waals surface area contributed by atoms with Crippen LogP contribution in [0.15, 0.2) is 18.2 Å². The van der Waals surface area contributed by atoms with Gasteiger partial charge in [0.05, 0.1) is 5.52 Å². The maximum absolute atomic E-state index is 13.4. The first kappa shape index (κ1) is 11.8. The van der Waals surface area contributed by atoms with Crippen molar-refractivity contribution >= 4 is 16.6 Å². The second kappa shape index (κ2) is 4.70. The first-order chi connectivity index (χ1) is 8.11. The van der Waals surface area contributed by atoms with Gasteiger partial charge in [0.25, 0.3) is 0 Å². The Balaban J connectivity index is 2.65. The van der Waals surface area contributed by atoms with Crippen LogP contribution in [-0.4, -0.2) is 11.5 Å². The lowest BCUT2D eigenvalue weighted by Gasteiger charge is -2.12. The number of aryl methyl sites for hydroxylation is 2. The maximum Gasteiger partial charge on any atom is 0.125 e. The molecule has 0 fully saturated rings. The van der Waals surface area contributed by atoms with E-state index in [2.05, 4.69) is 17.2 Å². The number of halogens is 1. The van der Waals surface area contributed by atoms with Crippen molar-refractivity contribution in [1.29, 1.82) is 0 Å². The molecule has 0 saturated heterocycles. The molecular weight excluding hydrogens is 215 g/mol. The molecule has 17 heavy (non-hydrogen) atoms. The number of hydrogen-bond donors (Lipinski definition) is 1. The van der Waals surface area contributed by atoms with Gasteiger partial charge in [-0.15, -0.1) is 0 Å². The Morgan fingerprint density at radius 1 is 1.24 bits per heavy atom. The number of nitrogens with one attached hydrogen (secondary N) is 1. The van der Waals surface area contributed by atoms with Gasteiger partial charge in [-0.25, -0.2) is 4.39 Å². The van der Waals surface area contributed by atoms with Crippen molar-refractivity contribution in [2.75, 3.05) is 11.9 Å². The Hall–Kier alpha value is -1.64. The van der Waals surface area contributed by atoms with Crippen LogP contribution in [0.4, 0.5) is 10.1 Å². The minimum Gasteiger partial charge on any atom is -0.384 e. The van der Waals surface area contributed by atoms with Crippen LogP contribution in [0.3, 0.4) is 0 Å². The van der Waals surface area contributed by atoms with Gasteiger partial charge in [0.1, 0.15) is 5.82 Å². The highest BCUT2D eigenvalue weighted by atomic mass is 19.1. The number of pyridine rings is 1. The number of anilines is 1. The van der Waals surface area contributed by atoms with Gasteiger partial charge in [0, 0.05) is 29.4 Å². The van der Waals surface area contributed by atoms with E-state index in [0.29, 0.717) is 0 Å². The van der Waals surface area contributed by atoms with Crippen LogP contribution in [0.5, 0.6) is 0 Å². The number of rotatable bonds is 3. The second-order valence-electron chi connectivity index (χ2n) is 4.35. The molecule has 1 N–H and O–H groups in total.